The molecule has 3 aromatic carbocycles. The molecule has 0 radical (unpaired) electrons. The number of amides is 2. The van der Waals surface area contributed by atoms with E-state index >= 15 is 0 Å². The SMILES string of the molecule is COc1ccccc1N1C(=O)/C(=C/c2cn(Cc3ccc(F)cc3)c3ccccc23)C(=O)NC1=S. The van der Waals surface area contributed by atoms with Crippen molar-refractivity contribution >= 4 is 51.8 Å². The fourth-order valence-electron chi connectivity index (χ4n) is 4.15. The number of hydrogen-bond donors (Lipinski definition) is 1. The van der Waals surface area contributed by atoms with Crippen LogP contribution in [0.3, 0.4) is 0 Å². The Bertz CT molecular complexity index is 1510. The summed E-state index contributed by atoms with van der Waals surface area (Å²) in [7, 11) is 1.50. The Morgan fingerprint density at radius 3 is 2.49 bits per heavy atom. The molecule has 0 atom stereocenters. The van der Waals surface area contributed by atoms with Gasteiger partial charge in [-0.15, -0.1) is 0 Å². The lowest BCUT2D eigenvalue weighted by Gasteiger charge is -2.29. The van der Waals surface area contributed by atoms with Gasteiger partial charge >= 0.3 is 0 Å². The maximum Gasteiger partial charge on any atom is 0.270 e. The summed E-state index contributed by atoms with van der Waals surface area (Å²) in [6.07, 6.45) is 3.45. The van der Waals surface area contributed by atoms with Gasteiger partial charge in [0.1, 0.15) is 17.1 Å². The number of rotatable bonds is 5. The average molecular weight is 486 g/mol. The summed E-state index contributed by atoms with van der Waals surface area (Å²) in [6, 6.07) is 21.0. The number of nitrogens with zero attached hydrogens (tertiary/aromatic N) is 2. The van der Waals surface area contributed by atoms with Gasteiger partial charge in [0.25, 0.3) is 11.8 Å². The van der Waals surface area contributed by atoms with Crippen LogP contribution in [-0.4, -0.2) is 28.6 Å². The second-order valence-electron chi connectivity index (χ2n) is 7.99. The first-order valence-corrected chi connectivity index (χ1v) is 11.2. The molecule has 0 saturated carbocycles. The summed E-state index contributed by atoms with van der Waals surface area (Å²) in [5, 5.41) is 3.47. The lowest BCUT2D eigenvalue weighted by atomic mass is 10.1. The van der Waals surface area contributed by atoms with Crippen LogP contribution in [0.4, 0.5) is 10.1 Å². The largest absolute Gasteiger partial charge is 0.495 e. The molecule has 0 bridgehead atoms. The fraction of sp³-hybridized carbons (Fsp3) is 0.0741. The van der Waals surface area contributed by atoms with E-state index < -0.39 is 11.8 Å². The van der Waals surface area contributed by atoms with E-state index in [0.29, 0.717) is 23.5 Å². The molecule has 1 saturated heterocycles. The van der Waals surface area contributed by atoms with Crippen LogP contribution in [0.25, 0.3) is 17.0 Å². The molecule has 2 heterocycles. The number of anilines is 1. The minimum Gasteiger partial charge on any atom is -0.495 e. The van der Waals surface area contributed by atoms with Gasteiger partial charge in [-0.05, 0) is 54.2 Å². The van der Waals surface area contributed by atoms with Crippen molar-refractivity contribution in [3.8, 4) is 5.75 Å². The van der Waals surface area contributed by atoms with Crippen LogP contribution in [0.5, 0.6) is 5.75 Å². The number of halogens is 1. The summed E-state index contributed by atoms with van der Waals surface area (Å²) < 4.78 is 20.7. The van der Waals surface area contributed by atoms with Crippen LogP contribution in [0.15, 0.2) is 84.6 Å². The highest BCUT2D eigenvalue weighted by molar-refractivity contribution is 7.80. The quantitative estimate of drug-likeness (QED) is 0.254. The van der Waals surface area contributed by atoms with Crippen molar-refractivity contribution in [3.63, 3.8) is 0 Å². The standard InChI is InChI=1S/C27H20FN3O3S/c1-34-24-9-5-4-8-23(24)31-26(33)21(25(32)29-27(31)35)14-18-16-30(22-7-3-2-6-20(18)22)15-17-10-12-19(28)13-11-17/h2-14,16H,15H2,1H3,(H,29,32,35)/b21-14+. The molecule has 0 unspecified atom stereocenters. The number of benzene rings is 3. The lowest BCUT2D eigenvalue weighted by Crippen LogP contribution is -2.54. The first kappa shape index (κ1) is 22.5. The van der Waals surface area contributed by atoms with E-state index in [1.165, 1.54) is 24.1 Å². The summed E-state index contributed by atoms with van der Waals surface area (Å²) in [4.78, 5) is 27.6. The second-order valence-corrected chi connectivity index (χ2v) is 8.37. The van der Waals surface area contributed by atoms with Gasteiger partial charge < -0.3 is 9.30 Å². The molecule has 1 N–H and O–H groups in total. The Hall–Kier alpha value is -4.30. The summed E-state index contributed by atoms with van der Waals surface area (Å²) in [5.41, 5.74) is 2.94. The Morgan fingerprint density at radius 1 is 1.00 bits per heavy atom. The Balaban J connectivity index is 1.57. The molecule has 1 aliphatic heterocycles. The maximum absolute atomic E-state index is 13.5. The van der Waals surface area contributed by atoms with Crippen LogP contribution < -0.4 is 15.0 Å². The highest BCUT2D eigenvalue weighted by atomic mass is 32.1. The summed E-state index contributed by atoms with van der Waals surface area (Å²) in [6.45, 7) is 0.502. The van der Waals surface area contributed by atoms with Crippen molar-refractivity contribution < 1.29 is 18.7 Å². The zero-order chi connectivity index (χ0) is 24.5. The summed E-state index contributed by atoms with van der Waals surface area (Å²) >= 11 is 5.31. The number of nitrogens with one attached hydrogen (secondary N) is 1. The molecule has 8 heteroatoms. The molecule has 0 spiro atoms. The zero-order valence-corrected chi connectivity index (χ0v) is 19.5. The van der Waals surface area contributed by atoms with Crippen molar-refractivity contribution in [3.05, 3.63) is 102 Å². The highest BCUT2D eigenvalue weighted by Gasteiger charge is 2.36. The molecule has 0 aliphatic carbocycles. The van der Waals surface area contributed by atoms with E-state index in [-0.39, 0.29) is 16.5 Å². The third kappa shape index (κ3) is 4.20. The maximum atomic E-state index is 13.5. The van der Waals surface area contributed by atoms with E-state index in [1.54, 1.807) is 42.5 Å². The number of aromatic nitrogens is 1. The minimum absolute atomic E-state index is 0.0135. The number of carbonyl (C=O) groups is 2. The van der Waals surface area contributed by atoms with Gasteiger partial charge in [0.2, 0.25) is 0 Å². The number of fused-ring (bicyclic) bond motifs is 1. The van der Waals surface area contributed by atoms with E-state index in [2.05, 4.69) is 5.32 Å². The molecule has 1 aromatic heterocycles. The fourth-order valence-corrected chi connectivity index (χ4v) is 4.43. The molecule has 6 nitrogen and oxygen atoms in total. The molecule has 2 amide bonds. The number of hydrogen-bond acceptors (Lipinski definition) is 4. The van der Waals surface area contributed by atoms with Crippen molar-refractivity contribution in [1.29, 1.82) is 0 Å². The van der Waals surface area contributed by atoms with Gasteiger partial charge in [-0.3, -0.25) is 14.9 Å². The highest BCUT2D eigenvalue weighted by Crippen LogP contribution is 2.32. The monoisotopic (exact) mass is 485 g/mol. The Kier molecular flexibility index (Phi) is 5.88. The number of thiocarbonyl (C=S) groups is 1. The van der Waals surface area contributed by atoms with Gasteiger partial charge in [0.15, 0.2) is 5.11 Å². The predicted octanol–water partition coefficient (Wildman–Crippen LogP) is 4.67. The lowest BCUT2D eigenvalue weighted by molar-refractivity contribution is -0.122. The van der Waals surface area contributed by atoms with Crippen LogP contribution in [0.1, 0.15) is 11.1 Å². The smallest absolute Gasteiger partial charge is 0.270 e. The number of carbonyl (C=O) groups excluding carboxylic acids is 2. The van der Waals surface area contributed by atoms with E-state index in [0.717, 1.165) is 16.5 Å². The molecule has 5 rings (SSSR count). The van der Waals surface area contributed by atoms with E-state index in [1.807, 2.05) is 35.0 Å². The average Bonchev–Trinajstić information content (AvgIpc) is 3.20. The van der Waals surface area contributed by atoms with Gasteiger partial charge in [-0.25, -0.2) is 9.29 Å². The van der Waals surface area contributed by atoms with Crippen molar-refractivity contribution in [1.82, 2.24) is 9.88 Å². The predicted molar refractivity (Wildman–Crippen MR) is 137 cm³/mol. The second kappa shape index (κ2) is 9.15. The zero-order valence-electron chi connectivity index (χ0n) is 18.7. The van der Waals surface area contributed by atoms with Gasteiger partial charge in [0.05, 0.1) is 12.8 Å². The summed E-state index contributed by atoms with van der Waals surface area (Å²) in [5.74, 6) is -0.953. The minimum atomic E-state index is -0.568. The normalized spacial score (nSPS) is 15.1. The van der Waals surface area contributed by atoms with E-state index in [4.69, 9.17) is 17.0 Å². The first-order chi connectivity index (χ1) is 17.0. The molecule has 35 heavy (non-hydrogen) atoms. The van der Waals surface area contributed by atoms with Crippen molar-refractivity contribution in [2.24, 2.45) is 0 Å². The van der Waals surface area contributed by atoms with Crippen LogP contribution in [0, 0.1) is 5.82 Å². The Morgan fingerprint density at radius 2 is 1.71 bits per heavy atom. The molecule has 4 aromatic rings. The molecule has 1 fully saturated rings. The van der Waals surface area contributed by atoms with Crippen molar-refractivity contribution in [2.45, 2.75) is 6.54 Å². The van der Waals surface area contributed by atoms with Gasteiger partial charge in [-0.2, -0.15) is 0 Å². The van der Waals surface area contributed by atoms with Crippen molar-refractivity contribution in [2.75, 3.05) is 12.0 Å². The number of ether oxygens (including phenoxy) is 1. The molecular weight excluding hydrogens is 465 g/mol. The third-order valence-corrected chi connectivity index (χ3v) is 6.10. The van der Waals surface area contributed by atoms with Crippen LogP contribution >= 0.6 is 12.2 Å². The van der Waals surface area contributed by atoms with E-state index in [9.17, 15) is 14.0 Å². The molecule has 1 aliphatic rings. The first-order valence-electron chi connectivity index (χ1n) is 10.8. The Labute approximate surface area is 206 Å². The van der Waals surface area contributed by atoms with Crippen LogP contribution in [-0.2, 0) is 16.1 Å². The third-order valence-electron chi connectivity index (χ3n) is 5.81. The topological polar surface area (TPSA) is 63.6 Å². The molecule has 174 valence electrons. The van der Waals surface area contributed by atoms with Gasteiger partial charge in [0, 0.05) is 29.2 Å². The number of para-hydroxylation sites is 3. The number of methoxy groups -OCH3 is 1. The molecular formula is C27H20FN3O3S. The van der Waals surface area contributed by atoms with Gasteiger partial charge in [-0.1, -0.05) is 42.5 Å². The van der Waals surface area contributed by atoms with Crippen LogP contribution in [0.2, 0.25) is 0 Å².